The van der Waals surface area contributed by atoms with E-state index in [0.29, 0.717) is 5.56 Å². The summed E-state index contributed by atoms with van der Waals surface area (Å²) in [7, 11) is 3.50. The second-order valence-corrected chi connectivity index (χ2v) is 5.93. The van der Waals surface area contributed by atoms with Crippen LogP contribution in [-0.2, 0) is 0 Å². The first-order chi connectivity index (χ1) is 9.97. The molecule has 2 aromatic carbocycles. The van der Waals surface area contributed by atoms with Crippen molar-refractivity contribution in [1.29, 1.82) is 0 Å². The van der Waals surface area contributed by atoms with E-state index in [1.54, 1.807) is 26.2 Å². The van der Waals surface area contributed by atoms with E-state index in [4.69, 9.17) is 4.74 Å². The molecular weight excluding hydrogens is 333 g/mol. The number of hydrogen-bond acceptors (Lipinski definition) is 2. The normalized spacial score (nSPS) is 12.3. The third-order valence-corrected chi connectivity index (χ3v) is 4.49. The fourth-order valence-electron chi connectivity index (χ4n) is 2.36. The maximum absolute atomic E-state index is 13.8. The minimum atomic E-state index is -0.196. The first-order valence-electron chi connectivity index (χ1n) is 6.75. The Hall–Kier alpha value is -1.39. The van der Waals surface area contributed by atoms with Crippen molar-refractivity contribution in [3.8, 4) is 5.75 Å². The zero-order valence-electron chi connectivity index (χ0n) is 12.6. The molecule has 0 saturated carbocycles. The lowest BCUT2D eigenvalue weighted by atomic mass is 9.96. The minimum Gasteiger partial charge on any atom is -0.496 e. The van der Waals surface area contributed by atoms with E-state index in [1.165, 1.54) is 0 Å². The lowest BCUT2D eigenvalue weighted by Crippen LogP contribution is -2.19. The molecule has 2 aromatic rings. The number of methoxy groups -OCH3 is 1. The second kappa shape index (κ2) is 6.58. The second-order valence-electron chi connectivity index (χ2n) is 5.07. The van der Waals surface area contributed by atoms with Crippen LogP contribution in [0.15, 0.2) is 34.8 Å². The molecule has 1 unspecified atom stereocenters. The van der Waals surface area contributed by atoms with Gasteiger partial charge >= 0.3 is 0 Å². The molecule has 0 spiro atoms. The molecule has 0 fully saturated rings. The Morgan fingerprint density at radius 3 is 2.43 bits per heavy atom. The fourth-order valence-corrected chi connectivity index (χ4v) is 2.72. The molecule has 1 atom stereocenters. The summed E-state index contributed by atoms with van der Waals surface area (Å²) >= 11 is 3.55. The molecule has 0 amide bonds. The zero-order chi connectivity index (χ0) is 15.6. The van der Waals surface area contributed by atoms with Gasteiger partial charge in [-0.3, -0.25) is 0 Å². The van der Waals surface area contributed by atoms with Crippen LogP contribution in [0.1, 0.15) is 28.3 Å². The van der Waals surface area contributed by atoms with E-state index in [0.717, 1.165) is 26.9 Å². The first kappa shape index (κ1) is 16.0. The predicted octanol–water partition coefficient (Wildman–Crippen LogP) is 4.52. The summed E-state index contributed by atoms with van der Waals surface area (Å²) in [5, 5.41) is 3.24. The standard InChI is InChI=1S/C17H19BrFNO/c1-10-5-6-12(8-15(10)19)17(20-3)13-9-14(18)11(2)7-16(13)21-4/h5-9,17,20H,1-4H3. The molecule has 2 nitrogen and oxygen atoms in total. The van der Waals surface area contributed by atoms with Crippen molar-refractivity contribution in [2.45, 2.75) is 19.9 Å². The summed E-state index contributed by atoms with van der Waals surface area (Å²) in [6, 6.07) is 9.18. The number of nitrogens with one attached hydrogen (secondary N) is 1. The van der Waals surface area contributed by atoms with Gasteiger partial charge in [0, 0.05) is 10.0 Å². The molecule has 0 saturated heterocycles. The average molecular weight is 352 g/mol. The molecule has 2 rings (SSSR count). The van der Waals surface area contributed by atoms with E-state index in [9.17, 15) is 4.39 Å². The Balaban J connectivity index is 2.55. The number of aryl methyl sites for hydroxylation is 2. The van der Waals surface area contributed by atoms with Crippen LogP contribution in [0.3, 0.4) is 0 Å². The van der Waals surface area contributed by atoms with Crippen LogP contribution in [0.5, 0.6) is 5.75 Å². The van der Waals surface area contributed by atoms with Gasteiger partial charge in [0.2, 0.25) is 0 Å². The van der Waals surface area contributed by atoms with E-state index in [2.05, 4.69) is 21.2 Å². The number of halogens is 2. The molecule has 112 valence electrons. The van der Waals surface area contributed by atoms with Gasteiger partial charge in [-0.15, -0.1) is 0 Å². The van der Waals surface area contributed by atoms with Crippen molar-refractivity contribution in [1.82, 2.24) is 5.32 Å². The third kappa shape index (κ3) is 3.27. The van der Waals surface area contributed by atoms with Crippen molar-refractivity contribution in [2.75, 3.05) is 14.2 Å². The van der Waals surface area contributed by atoms with Crippen LogP contribution in [0, 0.1) is 19.7 Å². The molecule has 0 bridgehead atoms. The van der Waals surface area contributed by atoms with Crippen LogP contribution >= 0.6 is 15.9 Å². The quantitative estimate of drug-likeness (QED) is 0.873. The first-order valence-corrected chi connectivity index (χ1v) is 7.54. The number of rotatable bonds is 4. The largest absolute Gasteiger partial charge is 0.496 e. The monoisotopic (exact) mass is 351 g/mol. The molecule has 0 aromatic heterocycles. The molecule has 0 aliphatic heterocycles. The number of ether oxygens (including phenoxy) is 1. The van der Waals surface area contributed by atoms with Crippen molar-refractivity contribution >= 4 is 15.9 Å². The SMILES string of the molecule is CNC(c1ccc(C)c(F)c1)c1cc(Br)c(C)cc1OC. The molecule has 0 radical (unpaired) electrons. The van der Waals surface area contributed by atoms with Gasteiger partial charge in [0.1, 0.15) is 11.6 Å². The minimum absolute atomic E-state index is 0.132. The Bertz CT molecular complexity index is 657. The van der Waals surface area contributed by atoms with Gasteiger partial charge < -0.3 is 10.1 Å². The lowest BCUT2D eigenvalue weighted by Gasteiger charge is -2.21. The van der Waals surface area contributed by atoms with E-state index >= 15 is 0 Å². The predicted molar refractivity (Wildman–Crippen MR) is 87.5 cm³/mol. The third-order valence-electron chi connectivity index (χ3n) is 3.64. The zero-order valence-corrected chi connectivity index (χ0v) is 14.2. The van der Waals surface area contributed by atoms with Gasteiger partial charge in [0.15, 0.2) is 0 Å². The highest BCUT2D eigenvalue weighted by atomic mass is 79.9. The van der Waals surface area contributed by atoms with Gasteiger partial charge in [-0.05, 0) is 55.8 Å². The number of benzene rings is 2. The van der Waals surface area contributed by atoms with E-state index in [1.807, 2.05) is 32.2 Å². The maximum atomic E-state index is 13.8. The summed E-state index contributed by atoms with van der Waals surface area (Å²) in [5.74, 6) is 0.592. The van der Waals surface area contributed by atoms with Gasteiger partial charge in [0.25, 0.3) is 0 Å². The molecule has 4 heteroatoms. The molecule has 0 aliphatic carbocycles. The van der Waals surface area contributed by atoms with Crippen LogP contribution in [0.25, 0.3) is 0 Å². The van der Waals surface area contributed by atoms with Gasteiger partial charge in [0.05, 0.1) is 13.2 Å². The molecular formula is C17H19BrFNO. The Morgan fingerprint density at radius 2 is 1.86 bits per heavy atom. The topological polar surface area (TPSA) is 21.3 Å². The van der Waals surface area contributed by atoms with Crippen molar-refractivity contribution in [3.05, 3.63) is 62.9 Å². The van der Waals surface area contributed by atoms with Crippen LogP contribution in [0.2, 0.25) is 0 Å². The Morgan fingerprint density at radius 1 is 1.14 bits per heavy atom. The Kier molecular flexibility index (Phi) is 5.01. The van der Waals surface area contributed by atoms with Crippen LogP contribution in [-0.4, -0.2) is 14.2 Å². The molecule has 1 N–H and O–H groups in total. The number of hydrogen-bond donors (Lipinski definition) is 1. The highest BCUT2D eigenvalue weighted by Gasteiger charge is 2.19. The summed E-state index contributed by atoms with van der Waals surface area (Å²) in [6.07, 6.45) is 0. The summed E-state index contributed by atoms with van der Waals surface area (Å²) in [4.78, 5) is 0. The highest BCUT2D eigenvalue weighted by Crippen LogP contribution is 2.34. The smallest absolute Gasteiger partial charge is 0.126 e. The average Bonchev–Trinajstić information content (AvgIpc) is 2.46. The van der Waals surface area contributed by atoms with Crippen molar-refractivity contribution < 1.29 is 9.13 Å². The summed E-state index contributed by atoms with van der Waals surface area (Å²) in [6.45, 7) is 3.77. The van der Waals surface area contributed by atoms with Gasteiger partial charge in [-0.1, -0.05) is 28.1 Å². The fraction of sp³-hybridized carbons (Fsp3) is 0.294. The molecule has 21 heavy (non-hydrogen) atoms. The van der Waals surface area contributed by atoms with Crippen molar-refractivity contribution in [3.63, 3.8) is 0 Å². The highest BCUT2D eigenvalue weighted by molar-refractivity contribution is 9.10. The summed E-state index contributed by atoms with van der Waals surface area (Å²) < 4.78 is 20.3. The van der Waals surface area contributed by atoms with Gasteiger partial charge in [-0.25, -0.2) is 4.39 Å². The van der Waals surface area contributed by atoms with Crippen molar-refractivity contribution in [2.24, 2.45) is 0 Å². The summed E-state index contributed by atoms with van der Waals surface area (Å²) in [5.41, 5.74) is 3.58. The van der Waals surface area contributed by atoms with E-state index < -0.39 is 0 Å². The van der Waals surface area contributed by atoms with Gasteiger partial charge in [-0.2, -0.15) is 0 Å². The molecule has 0 heterocycles. The van der Waals surface area contributed by atoms with Crippen LogP contribution < -0.4 is 10.1 Å². The molecule has 0 aliphatic rings. The maximum Gasteiger partial charge on any atom is 0.126 e. The lowest BCUT2D eigenvalue weighted by molar-refractivity contribution is 0.405. The van der Waals surface area contributed by atoms with E-state index in [-0.39, 0.29) is 11.9 Å². The Labute approximate surface area is 133 Å². The van der Waals surface area contributed by atoms with Crippen LogP contribution in [0.4, 0.5) is 4.39 Å².